The van der Waals surface area contributed by atoms with E-state index < -0.39 is 11.9 Å². The van der Waals surface area contributed by atoms with Crippen LogP contribution in [0.2, 0.25) is 0 Å². The van der Waals surface area contributed by atoms with Gasteiger partial charge in [0.25, 0.3) is 0 Å². The number of phenolic OH excluding ortho intramolecular Hbond substituents is 1. The minimum absolute atomic E-state index is 0.0240. The van der Waals surface area contributed by atoms with Gasteiger partial charge in [-0.25, -0.2) is 4.39 Å². The van der Waals surface area contributed by atoms with Crippen LogP contribution in [0.15, 0.2) is 30.9 Å². The van der Waals surface area contributed by atoms with Crippen LogP contribution in [0.4, 0.5) is 4.39 Å². The highest BCUT2D eigenvalue weighted by Crippen LogP contribution is 2.22. The van der Waals surface area contributed by atoms with Gasteiger partial charge in [-0.3, -0.25) is 0 Å². The summed E-state index contributed by atoms with van der Waals surface area (Å²) in [4.78, 5) is 0. The first-order valence-electron chi connectivity index (χ1n) is 4.00. The van der Waals surface area contributed by atoms with Crippen LogP contribution < -0.4 is 5.73 Å². The van der Waals surface area contributed by atoms with Crippen LogP contribution in [-0.2, 0) is 0 Å². The second-order valence-corrected chi connectivity index (χ2v) is 2.84. The fraction of sp³-hybridized carbons (Fsp3) is 0.200. The molecular weight excluding hydrogens is 169 g/mol. The molecule has 0 aromatic heterocycles. The summed E-state index contributed by atoms with van der Waals surface area (Å²) in [6.45, 7) is 3.51. The maximum atomic E-state index is 13.1. The molecule has 0 saturated carbocycles. The Kier molecular flexibility index (Phi) is 3.03. The summed E-state index contributed by atoms with van der Waals surface area (Å²) in [6, 6.07) is 3.39. The van der Waals surface area contributed by atoms with Crippen LogP contribution in [0, 0.1) is 5.82 Å². The van der Waals surface area contributed by atoms with Gasteiger partial charge in [-0.05, 0) is 24.6 Å². The first-order valence-corrected chi connectivity index (χ1v) is 4.00. The van der Waals surface area contributed by atoms with Crippen molar-refractivity contribution in [3.8, 4) is 5.75 Å². The highest BCUT2D eigenvalue weighted by Gasteiger charge is 2.10. The predicted octanol–water partition coefficient (Wildman–Crippen LogP) is 2.11. The second kappa shape index (κ2) is 4.05. The molecule has 0 spiro atoms. The molecule has 0 saturated heterocycles. The summed E-state index contributed by atoms with van der Waals surface area (Å²) in [5.74, 6) is -0.372. The Balaban J connectivity index is 2.97. The Morgan fingerprint density at radius 1 is 1.62 bits per heavy atom. The van der Waals surface area contributed by atoms with E-state index in [1.54, 1.807) is 6.08 Å². The zero-order valence-electron chi connectivity index (χ0n) is 7.20. The molecule has 0 fully saturated rings. The Labute approximate surface area is 76.5 Å². The van der Waals surface area contributed by atoms with Gasteiger partial charge in [0, 0.05) is 11.6 Å². The number of nitrogens with two attached hydrogens (primary N) is 1. The van der Waals surface area contributed by atoms with Crippen LogP contribution in [-0.4, -0.2) is 5.11 Å². The van der Waals surface area contributed by atoms with E-state index in [0.29, 0.717) is 12.0 Å². The van der Waals surface area contributed by atoms with E-state index in [9.17, 15) is 4.39 Å². The molecule has 2 nitrogen and oxygen atoms in total. The lowest BCUT2D eigenvalue weighted by molar-refractivity contribution is 0.469. The predicted molar refractivity (Wildman–Crippen MR) is 49.8 cm³/mol. The Hall–Kier alpha value is -1.35. The van der Waals surface area contributed by atoms with E-state index in [0.717, 1.165) is 0 Å². The summed E-state index contributed by atoms with van der Waals surface area (Å²) in [5, 5.41) is 9.11. The number of benzene rings is 1. The van der Waals surface area contributed by atoms with Crippen molar-refractivity contribution in [1.82, 2.24) is 0 Å². The van der Waals surface area contributed by atoms with Crippen molar-refractivity contribution in [2.75, 3.05) is 0 Å². The van der Waals surface area contributed by atoms with Gasteiger partial charge in [-0.2, -0.15) is 0 Å². The highest BCUT2D eigenvalue weighted by molar-refractivity contribution is 5.30. The molecule has 0 radical (unpaired) electrons. The molecule has 1 aromatic carbocycles. The maximum absolute atomic E-state index is 13.1. The van der Waals surface area contributed by atoms with Gasteiger partial charge in [-0.1, -0.05) is 6.08 Å². The van der Waals surface area contributed by atoms with Crippen LogP contribution in [0.25, 0.3) is 0 Å². The van der Waals surface area contributed by atoms with Crippen molar-refractivity contribution < 1.29 is 9.50 Å². The lowest BCUT2D eigenvalue weighted by atomic mass is 10.0. The van der Waals surface area contributed by atoms with Crippen molar-refractivity contribution in [3.63, 3.8) is 0 Å². The lowest BCUT2D eigenvalue weighted by Gasteiger charge is -2.10. The van der Waals surface area contributed by atoms with Crippen LogP contribution in [0.1, 0.15) is 18.0 Å². The molecule has 1 rings (SSSR count). The minimum Gasteiger partial charge on any atom is -0.508 e. The third kappa shape index (κ3) is 2.29. The summed E-state index contributed by atoms with van der Waals surface area (Å²) in [6.07, 6.45) is 2.11. The maximum Gasteiger partial charge on any atom is 0.128 e. The molecule has 1 atom stereocenters. The molecule has 0 aliphatic carbocycles. The van der Waals surface area contributed by atoms with E-state index >= 15 is 0 Å². The number of hydrogen-bond acceptors (Lipinski definition) is 2. The summed E-state index contributed by atoms with van der Waals surface area (Å²) in [5.41, 5.74) is 5.97. The number of hydrogen-bond donors (Lipinski definition) is 2. The lowest BCUT2D eigenvalue weighted by Crippen LogP contribution is -2.10. The van der Waals surface area contributed by atoms with E-state index in [-0.39, 0.29) is 5.75 Å². The molecule has 0 amide bonds. The molecule has 0 heterocycles. The Morgan fingerprint density at radius 2 is 2.31 bits per heavy atom. The normalized spacial score (nSPS) is 12.5. The standard InChI is InChI=1S/C10H12FNO/c1-2-3-10(12)8-6-7(13)4-5-9(8)11/h2,4-6,10,13H,1,3,12H2/t10-/m0/s1. The fourth-order valence-corrected chi connectivity index (χ4v) is 1.12. The summed E-state index contributed by atoms with van der Waals surface area (Å²) in [7, 11) is 0. The van der Waals surface area contributed by atoms with E-state index in [4.69, 9.17) is 10.8 Å². The number of aromatic hydroxyl groups is 1. The molecule has 0 aliphatic heterocycles. The Morgan fingerprint density at radius 3 is 2.92 bits per heavy atom. The van der Waals surface area contributed by atoms with Gasteiger partial charge in [0.05, 0.1) is 0 Å². The van der Waals surface area contributed by atoms with Gasteiger partial charge in [0.2, 0.25) is 0 Å². The van der Waals surface area contributed by atoms with Gasteiger partial charge in [0.1, 0.15) is 11.6 Å². The summed E-state index contributed by atoms with van der Waals surface area (Å²) >= 11 is 0. The zero-order valence-corrected chi connectivity index (χ0v) is 7.20. The first kappa shape index (κ1) is 9.74. The largest absolute Gasteiger partial charge is 0.508 e. The molecule has 0 bridgehead atoms. The Bertz CT molecular complexity index is 312. The molecule has 0 aliphatic rings. The van der Waals surface area contributed by atoms with Gasteiger partial charge in [-0.15, -0.1) is 6.58 Å². The van der Waals surface area contributed by atoms with Gasteiger partial charge >= 0.3 is 0 Å². The van der Waals surface area contributed by atoms with Crippen LogP contribution in [0.5, 0.6) is 5.75 Å². The van der Waals surface area contributed by atoms with Gasteiger partial charge < -0.3 is 10.8 Å². The van der Waals surface area contributed by atoms with Crippen LogP contribution >= 0.6 is 0 Å². The average Bonchev–Trinajstić information content (AvgIpc) is 2.09. The van der Waals surface area contributed by atoms with Crippen molar-refractivity contribution in [2.24, 2.45) is 5.73 Å². The molecule has 3 heteroatoms. The number of phenols is 1. The third-order valence-electron chi connectivity index (χ3n) is 1.80. The molecular formula is C10H12FNO. The van der Waals surface area contributed by atoms with E-state index in [1.807, 2.05) is 0 Å². The minimum atomic E-state index is -0.440. The topological polar surface area (TPSA) is 46.2 Å². The fourth-order valence-electron chi connectivity index (χ4n) is 1.12. The third-order valence-corrected chi connectivity index (χ3v) is 1.80. The van der Waals surface area contributed by atoms with Crippen molar-refractivity contribution in [3.05, 3.63) is 42.2 Å². The highest BCUT2D eigenvalue weighted by atomic mass is 19.1. The van der Waals surface area contributed by atoms with Gasteiger partial charge in [0.15, 0.2) is 0 Å². The van der Waals surface area contributed by atoms with Crippen molar-refractivity contribution >= 4 is 0 Å². The monoisotopic (exact) mass is 181 g/mol. The van der Waals surface area contributed by atoms with Crippen molar-refractivity contribution in [2.45, 2.75) is 12.5 Å². The summed E-state index contributed by atoms with van der Waals surface area (Å²) < 4.78 is 13.1. The molecule has 3 N–H and O–H groups in total. The van der Waals surface area contributed by atoms with E-state index in [1.165, 1.54) is 18.2 Å². The first-order chi connectivity index (χ1) is 6.15. The quantitative estimate of drug-likeness (QED) is 0.701. The molecule has 0 unspecified atom stereocenters. The second-order valence-electron chi connectivity index (χ2n) is 2.84. The van der Waals surface area contributed by atoms with E-state index in [2.05, 4.69) is 6.58 Å². The average molecular weight is 181 g/mol. The molecule has 70 valence electrons. The SMILES string of the molecule is C=CC[C@H](N)c1cc(O)ccc1F. The zero-order chi connectivity index (χ0) is 9.84. The molecule has 1 aromatic rings. The number of halogens is 1. The number of rotatable bonds is 3. The van der Waals surface area contributed by atoms with Crippen LogP contribution in [0.3, 0.4) is 0 Å². The smallest absolute Gasteiger partial charge is 0.128 e. The van der Waals surface area contributed by atoms with Crippen molar-refractivity contribution in [1.29, 1.82) is 0 Å². The molecule has 13 heavy (non-hydrogen) atoms.